The molecule has 1 amide bonds. The summed E-state index contributed by atoms with van der Waals surface area (Å²) in [6.45, 7) is 0.0925. The van der Waals surface area contributed by atoms with Crippen molar-refractivity contribution in [3.63, 3.8) is 0 Å². The number of halogens is 2. The molecule has 32 heavy (non-hydrogen) atoms. The van der Waals surface area contributed by atoms with Crippen LogP contribution in [-0.4, -0.2) is 33.8 Å². The van der Waals surface area contributed by atoms with Crippen LogP contribution in [0.2, 0.25) is 10.0 Å². The molecule has 162 valence electrons. The van der Waals surface area contributed by atoms with Crippen LogP contribution in [0.25, 0.3) is 5.76 Å². The van der Waals surface area contributed by atoms with Gasteiger partial charge in [0.2, 0.25) is 0 Å². The van der Waals surface area contributed by atoms with Crippen molar-refractivity contribution in [3.8, 4) is 5.75 Å². The van der Waals surface area contributed by atoms with Crippen LogP contribution in [0.4, 0.5) is 0 Å². The van der Waals surface area contributed by atoms with Crippen molar-refractivity contribution >= 4 is 40.7 Å². The number of benzene rings is 2. The first-order valence-corrected chi connectivity index (χ1v) is 10.4. The molecular weight excluding hydrogens is 451 g/mol. The summed E-state index contributed by atoms with van der Waals surface area (Å²) < 4.78 is 5.33. The Morgan fingerprint density at radius 3 is 2.47 bits per heavy atom. The lowest BCUT2D eigenvalue weighted by Crippen LogP contribution is -2.29. The van der Waals surface area contributed by atoms with Crippen LogP contribution < -0.4 is 4.74 Å². The number of ether oxygens (including phenoxy) is 1. The van der Waals surface area contributed by atoms with E-state index in [-0.39, 0.29) is 33.5 Å². The number of amides is 1. The molecule has 0 radical (unpaired) electrons. The summed E-state index contributed by atoms with van der Waals surface area (Å²) in [7, 11) is 1.39. The van der Waals surface area contributed by atoms with Crippen LogP contribution in [-0.2, 0) is 16.1 Å². The highest BCUT2D eigenvalue weighted by molar-refractivity contribution is 6.46. The van der Waals surface area contributed by atoms with E-state index in [1.807, 2.05) is 6.07 Å². The average molecular weight is 469 g/mol. The second-order valence-corrected chi connectivity index (χ2v) is 7.97. The van der Waals surface area contributed by atoms with E-state index in [9.17, 15) is 14.7 Å². The Morgan fingerprint density at radius 1 is 1.09 bits per heavy atom. The number of rotatable bonds is 5. The molecule has 1 fully saturated rings. The minimum absolute atomic E-state index is 0.0752. The summed E-state index contributed by atoms with van der Waals surface area (Å²) in [5.41, 5.74) is 1.32. The quantitative estimate of drug-likeness (QED) is 0.323. The van der Waals surface area contributed by atoms with Gasteiger partial charge in [-0.3, -0.25) is 14.6 Å². The van der Waals surface area contributed by atoms with Crippen molar-refractivity contribution in [2.45, 2.75) is 12.6 Å². The van der Waals surface area contributed by atoms with E-state index in [0.717, 1.165) is 0 Å². The van der Waals surface area contributed by atoms with Gasteiger partial charge in [-0.2, -0.15) is 0 Å². The van der Waals surface area contributed by atoms with Crippen molar-refractivity contribution in [2.24, 2.45) is 0 Å². The summed E-state index contributed by atoms with van der Waals surface area (Å²) in [6, 6.07) is 16.4. The third-order valence-corrected chi connectivity index (χ3v) is 5.68. The second kappa shape index (κ2) is 9.02. The van der Waals surface area contributed by atoms with E-state index in [1.54, 1.807) is 48.7 Å². The van der Waals surface area contributed by atoms with Crippen LogP contribution in [0.1, 0.15) is 22.9 Å². The molecular formula is C24H18Cl2N2O4. The number of aromatic nitrogens is 1. The predicted molar refractivity (Wildman–Crippen MR) is 122 cm³/mol. The number of hydrogen-bond donors (Lipinski definition) is 1. The molecule has 1 unspecified atom stereocenters. The zero-order chi connectivity index (χ0) is 22.8. The number of pyridine rings is 1. The molecule has 2 heterocycles. The van der Waals surface area contributed by atoms with Gasteiger partial charge in [0, 0.05) is 11.2 Å². The zero-order valence-corrected chi connectivity index (χ0v) is 18.5. The number of methoxy groups -OCH3 is 1. The van der Waals surface area contributed by atoms with Gasteiger partial charge < -0.3 is 14.7 Å². The standard InChI is InChI=1S/C24H18Cl2N2O4/c1-32-23-17(11-15(25)12-18(23)26)21(29)19-20(14-7-3-2-4-8-14)28(24(31)22(19)30)13-16-9-5-6-10-27-16/h2-12,20,29H,13H2,1H3/b21-19+. The van der Waals surface area contributed by atoms with E-state index in [2.05, 4.69) is 4.98 Å². The number of likely N-dealkylation sites (tertiary alicyclic amines) is 1. The fraction of sp³-hybridized carbons (Fsp3) is 0.125. The predicted octanol–water partition coefficient (Wildman–Crippen LogP) is 5.02. The summed E-state index contributed by atoms with van der Waals surface area (Å²) in [6.07, 6.45) is 1.61. The molecule has 0 saturated carbocycles. The van der Waals surface area contributed by atoms with Crippen LogP contribution >= 0.6 is 23.2 Å². The van der Waals surface area contributed by atoms with Crippen LogP contribution in [0.3, 0.4) is 0 Å². The molecule has 1 atom stereocenters. The third kappa shape index (κ3) is 3.95. The monoisotopic (exact) mass is 468 g/mol. The Kier molecular flexibility index (Phi) is 6.17. The molecule has 3 aromatic rings. The van der Waals surface area contributed by atoms with Crippen molar-refractivity contribution < 1.29 is 19.4 Å². The Morgan fingerprint density at radius 2 is 1.81 bits per heavy atom. The first-order valence-electron chi connectivity index (χ1n) is 9.69. The minimum Gasteiger partial charge on any atom is -0.507 e. The molecule has 1 aliphatic rings. The fourth-order valence-corrected chi connectivity index (χ4v) is 4.35. The number of Topliss-reactive ketones (excluding diaryl/α,β-unsaturated/α-hetero) is 1. The van der Waals surface area contributed by atoms with Gasteiger partial charge >= 0.3 is 0 Å². The van der Waals surface area contributed by atoms with E-state index in [4.69, 9.17) is 27.9 Å². The topological polar surface area (TPSA) is 79.7 Å². The van der Waals surface area contributed by atoms with Gasteiger partial charge in [0.05, 0.1) is 41.5 Å². The fourth-order valence-electron chi connectivity index (χ4n) is 3.78. The van der Waals surface area contributed by atoms with Gasteiger partial charge in [-0.15, -0.1) is 0 Å². The highest BCUT2D eigenvalue weighted by atomic mass is 35.5. The molecule has 2 aromatic carbocycles. The normalized spacial score (nSPS) is 17.6. The number of carbonyl (C=O) groups excluding carboxylic acids is 2. The van der Waals surface area contributed by atoms with Gasteiger partial charge in [-0.1, -0.05) is 59.6 Å². The molecule has 1 aliphatic heterocycles. The summed E-state index contributed by atoms with van der Waals surface area (Å²) in [4.78, 5) is 31.8. The minimum atomic E-state index is -0.833. The first-order chi connectivity index (χ1) is 15.4. The summed E-state index contributed by atoms with van der Waals surface area (Å²) >= 11 is 12.4. The lowest BCUT2D eigenvalue weighted by Gasteiger charge is -2.25. The number of ketones is 1. The summed E-state index contributed by atoms with van der Waals surface area (Å²) in [5, 5.41) is 11.7. The molecule has 0 spiro atoms. The van der Waals surface area contributed by atoms with Gasteiger partial charge in [0.25, 0.3) is 11.7 Å². The maximum absolute atomic E-state index is 13.1. The van der Waals surface area contributed by atoms with Crippen LogP contribution in [0, 0.1) is 0 Å². The number of carbonyl (C=O) groups is 2. The second-order valence-electron chi connectivity index (χ2n) is 7.13. The van der Waals surface area contributed by atoms with Gasteiger partial charge in [-0.25, -0.2) is 0 Å². The number of hydrogen-bond acceptors (Lipinski definition) is 5. The lowest BCUT2D eigenvalue weighted by molar-refractivity contribution is -0.140. The van der Waals surface area contributed by atoms with E-state index < -0.39 is 23.5 Å². The summed E-state index contributed by atoms with van der Waals surface area (Å²) in [5.74, 6) is -1.82. The molecule has 1 saturated heterocycles. The number of nitrogens with zero attached hydrogens (tertiary/aromatic N) is 2. The van der Waals surface area contributed by atoms with Gasteiger partial charge in [0.15, 0.2) is 0 Å². The number of aliphatic hydroxyl groups is 1. The van der Waals surface area contributed by atoms with Crippen molar-refractivity contribution in [3.05, 3.63) is 99.3 Å². The molecule has 0 bridgehead atoms. The van der Waals surface area contributed by atoms with Crippen molar-refractivity contribution in [1.29, 1.82) is 0 Å². The first kappa shape index (κ1) is 21.9. The van der Waals surface area contributed by atoms with Gasteiger partial charge in [-0.05, 0) is 29.8 Å². The largest absolute Gasteiger partial charge is 0.507 e. The Bertz CT molecular complexity index is 1210. The molecule has 0 aliphatic carbocycles. The van der Waals surface area contributed by atoms with E-state index in [1.165, 1.54) is 24.1 Å². The maximum Gasteiger partial charge on any atom is 0.296 e. The van der Waals surface area contributed by atoms with Gasteiger partial charge in [0.1, 0.15) is 11.5 Å². The van der Waals surface area contributed by atoms with E-state index in [0.29, 0.717) is 11.3 Å². The van der Waals surface area contributed by atoms with E-state index >= 15 is 0 Å². The molecule has 1 N–H and O–H groups in total. The highest BCUT2D eigenvalue weighted by Crippen LogP contribution is 2.43. The average Bonchev–Trinajstić information content (AvgIpc) is 3.04. The molecule has 8 heteroatoms. The Labute approximate surface area is 194 Å². The molecule has 1 aromatic heterocycles. The molecule has 6 nitrogen and oxygen atoms in total. The maximum atomic E-state index is 13.1. The SMILES string of the molecule is COc1c(Cl)cc(Cl)cc1/C(O)=C1\C(=O)C(=O)N(Cc2ccccn2)C1c1ccccc1. The number of aliphatic hydroxyl groups excluding tert-OH is 1. The molecule has 4 rings (SSSR count). The van der Waals surface area contributed by atoms with Crippen molar-refractivity contribution in [2.75, 3.05) is 7.11 Å². The van der Waals surface area contributed by atoms with Crippen LogP contribution in [0.5, 0.6) is 5.75 Å². The third-order valence-electron chi connectivity index (χ3n) is 5.18. The van der Waals surface area contributed by atoms with Crippen LogP contribution in [0.15, 0.2) is 72.4 Å². The smallest absolute Gasteiger partial charge is 0.296 e. The highest BCUT2D eigenvalue weighted by Gasteiger charge is 2.46. The lowest BCUT2D eigenvalue weighted by atomic mass is 9.95. The van der Waals surface area contributed by atoms with Crippen molar-refractivity contribution in [1.82, 2.24) is 9.88 Å². The Hall–Kier alpha value is -3.35. The zero-order valence-electron chi connectivity index (χ0n) is 17.0. The Balaban J connectivity index is 1.92.